The van der Waals surface area contributed by atoms with Crippen molar-refractivity contribution in [2.45, 2.75) is 6.61 Å². The van der Waals surface area contributed by atoms with Gasteiger partial charge in [-0.2, -0.15) is 0 Å². The third-order valence-corrected chi connectivity index (χ3v) is 4.31. The van der Waals surface area contributed by atoms with Crippen molar-refractivity contribution in [2.75, 3.05) is 12.4 Å². The third-order valence-electron chi connectivity index (χ3n) is 2.21. The van der Waals surface area contributed by atoms with Crippen LogP contribution in [0.3, 0.4) is 0 Å². The molecule has 1 N–H and O–H groups in total. The van der Waals surface area contributed by atoms with Crippen molar-refractivity contribution in [1.82, 2.24) is 10.2 Å². The lowest BCUT2D eigenvalue weighted by atomic mass is 10.3. The van der Waals surface area contributed by atoms with E-state index in [0.717, 1.165) is 0 Å². The van der Waals surface area contributed by atoms with E-state index in [1.54, 1.807) is 7.05 Å². The average Bonchev–Trinajstić information content (AvgIpc) is 2.85. The number of benzene rings is 1. The SMILES string of the molecule is CNc1nnc(COc2c(Br)cc([N+](=O)[O-])cc2Br)s1. The molecule has 20 heavy (non-hydrogen) atoms. The van der Waals surface area contributed by atoms with Gasteiger partial charge in [0.2, 0.25) is 5.13 Å². The van der Waals surface area contributed by atoms with Gasteiger partial charge in [-0.3, -0.25) is 10.1 Å². The van der Waals surface area contributed by atoms with Crippen LogP contribution < -0.4 is 10.1 Å². The Morgan fingerprint density at radius 3 is 2.55 bits per heavy atom. The van der Waals surface area contributed by atoms with Crippen molar-refractivity contribution in [3.05, 3.63) is 36.2 Å². The lowest BCUT2D eigenvalue weighted by molar-refractivity contribution is -0.385. The number of nitrogens with one attached hydrogen (secondary N) is 1. The molecule has 0 saturated carbocycles. The van der Waals surface area contributed by atoms with Gasteiger partial charge in [0.25, 0.3) is 5.69 Å². The number of aromatic nitrogens is 2. The summed E-state index contributed by atoms with van der Waals surface area (Å²) in [5.74, 6) is 0.483. The quantitative estimate of drug-likeness (QED) is 0.583. The van der Waals surface area contributed by atoms with Crippen LogP contribution in [0.25, 0.3) is 0 Å². The molecule has 0 saturated heterocycles. The number of nitro benzene ring substituents is 1. The number of hydrogen-bond donors (Lipinski definition) is 1. The van der Waals surface area contributed by atoms with Crippen LogP contribution in [0.2, 0.25) is 0 Å². The van der Waals surface area contributed by atoms with Crippen LogP contribution in [-0.4, -0.2) is 22.2 Å². The van der Waals surface area contributed by atoms with Crippen LogP contribution in [0.15, 0.2) is 21.1 Å². The zero-order valence-corrected chi connectivity index (χ0v) is 14.1. The van der Waals surface area contributed by atoms with E-state index < -0.39 is 4.92 Å². The molecule has 10 heteroatoms. The van der Waals surface area contributed by atoms with Crippen molar-refractivity contribution in [1.29, 1.82) is 0 Å². The van der Waals surface area contributed by atoms with E-state index in [4.69, 9.17) is 4.74 Å². The Bertz CT molecular complexity index is 626. The minimum absolute atomic E-state index is 0.0236. The van der Waals surface area contributed by atoms with E-state index in [9.17, 15) is 10.1 Å². The first-order valence-electron chi connectivity index (χ1n) is 5.27. The van der Waals surface area contributed by atoms with Gasteiger partial charge < -0.3 is 10.1 Å². The fourth-order valence-electron chi connectivity index (χ4n) is 1.34. The first kappa shape index (κ1) is 15.1. The summed E-state index contributed by atoms with van der Waals surface area (Å²) < 4.78 is 6.60. The van der Waals surface area contributed by atoms with Gasteiger partial charge >= 0.3 is 0 Å². The van der Waals surface area contributed by atoms with Gasteiger partial charge in [0.05, 0.1) is 13.9 Å². The number of halogens is 2. The number of anilines is 1. The minimum Gasteiger partial charge on any atom is -0.484 e. The lowest BCUT2D eigenvalue weighted by Crippen LogP contribution is -1.97. The summed E-state index contributed by atoms with van der Waals surface area (Å²) in [5.41, 5.74) is -0.0236. The summed E-state index contributed by atoms with van der Waals surface area (Å²) in [6, 6.07) is 2.78. The highest BCUT2D eigenvalue weighted by Crippen LogP contribution is 2.37. The van der Waals surface area contributed by atoms with Gasteiger partial charge in [0.1, 0.15) is 12.4 Å². The molecule has 106 valence electrons. The Kier molecular flexibility index (Phi) is 4.89. The second kappa shape index (κ2) is 6.46. The molecule has 0 aliphatic heterocycles. The van der Waals surface area contributed by atoms with Crippen molar-refractivity contribution in [3.8, 4) is 5.75 Å². The average molecular weight is 424 g/mol. The second-order valence-corrected chi connectivity index (χ2v) is 6.31. The molecule has 1 aromatic heterocycles. The van der Waals surface area contributed by atoms with Crippen molar-refractivity contribution in [2.24, 2.45) is 0 Å². The van der Waals surface area contributed by atoms with Crippen LogP contribution in [-0.2, 0) is 6.61 Å². The monoisotopic (exact) mass is 422 g/mol. The Balaban J connectivity index is 2.15. The number of rotatable bonds is 5. The maximum absolute atomic E-state index is 10.7. The van der Waals surface area contributed by atoms with Gasteiger partial charge in [-0.15, -0.1) is 10.2 Å². The molecule has 2 aromatic rings. The smallest absolute Gasteiger partial charge is 0.271 e. The normalized spacial score (nSPS) is 10.3. The Morgan fingerprint density at radius 1 is 1.40 bits per heavy atom. The van der Waals surface area contributed by atoms with Crippen LogP contribution in [0, 0.1) is 10.1 Å². The summed E-state index contributed by atoms with van der Waals surface area (Å²) in [5, 5.41) is 22.9. The molecule has 0 radical (unpaired) electrons. The summed E-state index contributed by atoms with van der Waals surface area (Å²) in [6.07, 6.45) is 0. The standard InChI is InChI=1S/C10H8Br2N4O3S/c1-13-10-15-14-8(20-10)4-19-9-6(11)2-5(16(17)18)3-7(9)12/h2-3H,4H2,1H3,(H,13,15). The van der Waals surface area contributed by atoms with E-state index >= 15 is 0 Å². The molecule has 0 aliphatic carbocycles. The molecule has 0 spiro atoms. The van der Waals surface area contributed by atoms with E-state index in [0.29, 0.717) is 24.8 Å². The molecule has 1 heterocycles. The second-order valence-electron chi connectivity index (χ2n) is 3.54. The molecule has 0 aliphatic rings. The van der Waals surface area contributed by atoms with Gasteiger partial charge in [-0.1, -0.05) is 11.3 Å². The summed E-state index contributed by atoms with van der Waals surface area (Å²) in [6.45, 7) is 0.231. The zero-order chi connectivity index (χ0) is 14.7. The molecule has 0 fully saturated rings. The molecule has 0 amide bonds. The maximum atomic E-state index is 10.7. The number of ether oxygens (including phenoxy) is 1. The molecular weight excluding hydrogens is 416 g/mol. The number of nitrogens with zero attached hydrogens (tertiary/aromatic N) is 3. The van der Waals surface area contributed by atoms with Crippen LogP contribution in [0.4, 0.5) is 10.8 Å². The Morgan fingerprint density at radius 2 is 2.05 bits per heavy atom. The largest absolute Gasteiger partial charge is 0.484 e. The zero-order valence-electron chi connectivity index (χ0n) is 10.1. The highest BCUT2D eigenvalue weighted by molar-refractivity contribution is 9.11. The van der Waals surface area contributed by atoms with Crippen molar-refractivity contribution in [3.63, 3.8) is 0 Å². The van der Waals surface area contributed by atoms with Crippen LogP contribution >= 0.6 is 43.2 Å². The molecule has 1 aromatic carbocycles. The molecule has 0 bridgehead atoms. The molecule has 2 rings (SSSR count). The van der Waals surface area contributed by atoms with Crippen LogP contribution in [0.5, 0.6) is 5.75 Å². The topological polar surface area (TPSA) is 90.2 Å². The Hall–Kier alpha value is -1.26. The first-order valence-corrected chi connectivity index (χ1v) is 7.68. The van der Waals surface area contributed by atoms with E-state index in [-0.39, 0.29) is 12.3 Å². The van der Waals surface area contributed by atoms with Crippen molar-refractivity contribution >= 4 is 54.0 Å². The molecule has 0 atom stereocenters. The lowest BCUT2D eigenvalue weighted by Gasteiger charge is -2.08. The summed E-state index contributed by atoms with van der Waals surface area (Å²) >= 11 is 7.88. The highest BCUT2D eigenvalue weighted by Gasteiger charge is 2.15. The third kappa shape index (κ3) is 3.44. The summed E-state index contributed by atoms with van der Waals surface area (Å²) in [7, 11) is 1.76. The van der Waals surface area contributed by atoms with Crippen LogP contribution in [0.1, 0.15) is 5.01 Å². The first-order chi connectivity index (χ1) is 9.51. The van der Waals surface area contributed by atoms with Gasteiger partial charge in [0.15, 0.2) is 5.01 Å². The molecule has 0 unspecified atom stereocenters. The predicted octanol–water partition coefficient (Wildman–Crippen LogP) is 3.59. The minimum atomic E-state index is -0.469. The van der Waals surface area contributed by atoms with Crippen molar-refractivity contribution < 1.29 is 9.66 Å². The van der Waals surface area contributed by atoms with E-state index in [2.05, 4.69) is 47.4 Å². The molecule has 7 nitrogen and oxygen atoms in total. The highest BCUT2D eigenvalue weighted by atomic mass is 79.9. The molecular formula is C10H8Br2N4O3S. The van der Waals surface area contributed by atoms with E-state index in [1.807, 2.05) is 0 Å². The fourth-order valence-corrected chi connectivity index (χ4v) is 3.33. The number of nitro groups is 1. The van der Waals surface area contributed by atoms with Gasteiger partial charge in [-0.25, -0.2) is 0 Å². The summed E-state index contributed by atoms with van der Waals surface area (Å²) in [4.78, 5) is 10.3. The number of non-ortho nitro benzene ring substituents is 1. The number of hydrogen-bond acceptors (Lipinski definition) is 7. The van der Waals surface area contributed by atoms with E-state index in [1.165, 1.54) is 23.5 Å². The Labute approximate surface area is 134 Å². The predicted molar refractivity (Wildman–Crippen MR) is 82.3 cm³/mol. The van der Waals surface area contributed by atoms with Gasteiger partial charge in [-0.05, 0) is 31.9 Å². The fraction of sp³-hybridized carbons (Fsp3) is 0.200. The maximum Gasteiger partial charge on any atom is 0.271 e. The van der Waals surface area contributed by atoms with Gasteiger partial charge in [0, 0.05) is 19.2 Å².